The van der Waals surface area contributed by atoms with Gasteiger partial charge in [0, 0.05) is 0 Å². The first kappa shape index (κ1) is 23.8. The van der Waals surface area contributed by atoms with Crippen molar-refractivity contribution in [2.75, 3.05) is 11.5 Å². The van der Waals surface area contributed by atoms with Gasteiger partial charge in [-0.2, -0.15) is 0 Å². The van der Waals surface area contributed by atoms with E-state index < -0.39 is 23.5 Å². The maximum atomic E-state index is 13.5. The Balaban J connectivity index is 1.59. The van der Waals surface area contributed by atoms with Gasteiger partial charge in [-0.05, 0) is 67.8 Å². The summed E-state index contributed by atoms with van der Waals surface area (Å²) in [7, 11) is 0. The Morgan fingerprint density at radius 1 is 1.14 bits per heavy atom. The Hall–Kier alpha value is -3.91. The third-order valence-corrected chi connectivity index (χ3v) is 7.14. The molecule has 0 radical (unpaired) electrons. The van der Waals surface area contributed by atoms with E-state index in [9.17, 15) is 14.7 Å². The lowest BCUT2D eigenvalue weighted by Gasteiger charge is -2.24. The Labute approximate surface area is 212 Å². The van der Waals surface area contributed by atoms with E-state index in [1.807, 2.05) is 49.4 Å². The van der Waals surface area contributed by atoms with Crippen molar-refractivity contribution >= 4 is 38.4 Å². The van der Waals surface area contributed by atoms with Gasteiger partial charge in [-0.15, -0.1) is 0 Å². The lowest BCUT2D eigenvalue weighted by Crippen LogP contribution is -2.30. The smallest absolute Gasteiger partial charge is 0.296 e. The number of hydrogen-bond donors (Lipinski definition) is 1. The molecule has 0 bridgehead atoms. The fraction of sp³-hybridized carbons (Fsp3) is 0.250. The lowest BCUT2D eigenvalue weighted by molar-refractivity contribution is -0.117. The molecule has 5 rings (SSSR count). The van der Waals surface area contributed by atoms with Crippen LogP contribution in [0.4, 0.5) is 5.13 Å². The van der Waals surface area contributed by atoms with Gasteiger partial charge in [-0.1, -0.05) is 42.9 Å². The van der Waals surface area contributed by atoms with Crippen molar-refractivity contribution in [1.29, 1.82) is 0 Å². The second-order valence-electron chi connectivity index (χ2n) is 8.82. The number of nitrogens with zero attached hydrogens (tertiary/aromatic N) is 2. The molecule has 0 aliphatic carbocycles. The molecular weight excluding hydrogens is 476 g/mol. The first-order valence-electron chi connectivity index (χ1n) is 11.8. The minimum absolute atomic E-state index is 0.0376. The maximum Gasteiger partial charge on any atom is 0.296 e. The highest BCUT2D eigenvalue weighted by Crippen LogP contribution is 2.44. The molecule has 2 aromatic heterocycles. The number of aryl methyl sites for hydroxylation is 2. The number of furan rings is 1. The number of unbranched alkanes of at least 4 members (excludes halogenated alkanes) is 1. The van der Waals surface area contributed by atoms with Crippen LogP contribution in [0.3, 0.4) is 0 Å². The normalized spacial score (nSPS) is 15.8. The number of ether oxygens (including phenoxy) is 1. The summed E-state index contributed by atoms with van der Waals surface area (Å²) >= 11 is 1.34. The van der Waals surface area contributed by atoms with Gasteiger partial charge >= 0.3 is 0 Å². The topological polar surface area (TPSA) is 92.9 Å². The molecule has 0 saturated heterocycles. The van der Waals surface area contributed by atoms with Crippen LogP contribution in [-0.4, -0.2) is 28.4 Å². The predicted octanol–water partition coefficient (Wildman–Crippen LogP) is 6.47. The fourth-order valence-electron chi connectivity index (χ4n) is 4.24. The number of Topliss-reactive ketones (excluding diaryl/α,β-unsaturated/α-hetero) is 1. The molecule has 4 aromatic rings. The number of aliphatic hydroxyl groups is 1. The van der Waals surface area contributed by atoms with Crippen LogP contribution in [0.1, 0.15) is 53.2 Å². The number of carbonyl (C=O) groups is 2. The predicted molar refractivity (Wildman–Crippen MR) is 139 cm³/mol. The maximum absolute atomic E-state index is 13.5. The van der Waals surface area contributed by atoms with E-state index >= 15 is 0 Å². The van der Waals surface area contributed by atoms with Crippen LogP contribution in [0.2, 0.25) is 0 Å². The molecule has 1 unspecified atom stereocenters. The highest BCUT2D eigenvalue weighted by Gasteiger charge is 2.46. The summed E-state index contributed by atoms with van der Waals surface area (Å²) in [6, 6.07) is 15.4. The van der Waals surface area contributed by atoms with Crippen molar-refractivity contribution in [1.82, 2.24) is 4.98 Å². The summed E-state index contributed by atoms with van der Waals surface area (Å²) in [5.41, 5.74) is 2.43. The van der Waals surface area contributed by atoms with Gasteiger partial charge in [-0.25, -0.2) is 4.98 Å². The average molecular weight is 503 g/mol. The first-order valence-corrected chi connectivity index (χ1v) is 12.7. The summed E-state index contributed by atoms with van der Waals surface area (Å²) in [6.45, 7) is 6.42. The quantitative estimate of drug-likeness (QED) is 0.219. The van der Waals surface area contributed by atoms with Gasteiger partial charge in [0.1, 0.15) is 11.5 Å². The molecule has 3 heterocycles. The summed E-state index contributed by atoms with van der Waals surface area (Å²) in [4.78, 5) is 33.0. The van der Waals surface area contributed by atoms with Gasteiger partial charge < -0.3 is 14.3 Å². The summed E-state index contributed by atoms with van der Waals surface area (Å²) in [5.74, 6) is -0.495. The number of ketones is 1. The van der Waals surface area contributed by atoms with Crippen LogP contribution in [0.25, 0.3) is 10.2 Å². The van der Waals surface area contributed by atoms with Crippen LogP contribution >= 0.6 is 11.3 Å². The third-order valence-electron chi connectivity index (χ3n) is 6.12. The minimum atomic E-state index is -0.873. The molecular formula is C28H26N2O5S. The number of aliphatic hydroxyl groups excluding tert-OH is 1. The van der Waals surface area contributed by atoms with Gasteiger partial charge in [0.2, 0.25) is 5.78 Å². The molecule has 0 spiro atoms. The van der Waals surface area contributed by atoms with Crippen molar-refractivity contribution in [2.45, 2.75) is 39.7 Å². The van der Waals surface area contributed by atoms with Crippen molar-refractivity contribution in [2.24, 2.45) is 0 Å². The fourth-order valence-corrected chi connectivity index (χ4v) is 5.33. The van der Waals surface area contributed by atoms with E-state index in [0.717, 1.165) is 28.6 Å². The van der Waals surface area contributed by atoms with Crippen molar-refractivity contribution in [3.05, 3.63) is 88.6 Å². The molecule has 184 valence electrons. The number of amides is 1. The first-order chi connectivity index (χ1) is 17.4. The van der Waals surface area contributed by atoms with Crippen LogP contribution in [0.15, 0.2) is 70.3 Å². The molecule has 1 aliphatic heterocycles. The molecule has 1 N–H and O–H groups in total. The van der Waals surface area contributed by atoms with Crippen LogP contribution < -0.4 is 9.64 Å². The van der Waals surface area contributed by atoms with Gasteiger partial charge in [0.25, 0.3) is 5.91 Å². The van der Waals surface area contributed by atoms with Gasteiger partial charge in [0.05, 0.1) is 28.4 Å². The SMILES string of the molecule is CCCCOc1ccc(C2C(C(=O)c3ccc(C)o3)=C(O)C(=O)N2c2nc3ccc(C)cc3s2)cc1. The lowest BCUT2D eigenvalue weighted by atomic mass is 9.95. The highest BCUT2D eigenvalue weighted by molar-refractivity contribution is 7.22. The summed E-state index contributed by atoms with van der Waals surface area (Å²) < 4.78 is 12.2. The second-order valence-corrected chi connectivity index (χ2v) is 9.83. The van der Waals surface area contributed by atoms with Gasteiger partial charge in [0.15, 0.2) is 16.7 Å². The minimum Gasteiger partial charge on any atom is -0.503 e. The number of carbonyl (C=O) groups excluding carboxylic acids is 2. The third kappa shape index (κ3) is 4.28. The van der Waals surface area contributed by atoms with Crippen molar-refractivity contribution < 1.29 is 23.8 Å². The van der Waals surface area contributed by atoms with E-state index in [2.05, 4.69) is 11.9 Å². The molecule has 1 aliphatic rings. The number of aromatic nitrogens is 1. The zero-order valence-electron chi connectivity index (χ0n) is 20.3. The molecule has 0 saturated carbocycles. The Bertz CT molecular complexity index is 1480. The van der Waals surface area contributed by atoms with Crippen LogP contribution in [0, 0.1) is 13.8 Å². The largest absolute Gasteiger partial charge is 0.503 e. The number of rotatable bonds is 8. The van der Waals surface area contributed by atoms with E-state index in [0.29, 0.717) is 28.8 Å². The number of anilines is 1. The highest BCUT2D eigenvalue weighted by atomic mass is 32.1. The second kappa shape index (κ2) is 9.62. The van der Waals surface area contributed by atoms with E-state index in [4.69, 9.17) is 9.15 Å². The van der Waals surface area contributed by atoms with Gasteiger partial charge in [-0.3, -0.25) is 14.5 Å². The van der Waals surface area contributed by atoms with Crippen molar-refractivity contribution in [3.63, 3.8) is 0 Å². The monoisotopic (exact) mass is 502 g/mol. The molecule has 8 heteroatoms. The number of hydrogen-bond acceptors (Lipinski definition) is 7. The Kier molecular flexibility index (Phi) is 6.36. The number of fused-ring (bicyclic) bond motifs is 1. The number of thiazole rings is 1. The molecule has 36 heavy (non-hydrogen) atoms. The van der Waals surface area contributed by atoms with E-state index in [-0.39, 0.29) is 11.3 Å². The summed E-state index contributed by atoms with van der Waals surface area (Å²) in [5, 5.41) is 11.4. The number of benzene rings is 2. The Morgan fingerprint density at radius 3 is 2.61 bits per heavy atom. The average Bonchev–Trinajstić information content (AvgIpc) is 3.55. The Morgan fingerprint density at radius 2 is 1.92 bits per heavy atom. The van der Waals surface area contributed by atoms with Crippen LogP contribution in [0.5, 0.6) is 5.75 Å². The van der Waals surface area contributed by atoms with E-state index in [1.165, 1.54) is 16.2 Å². The molecule has 7 nitrogen and oxygen atoms in total. The standard InChI is InChI=1S/C28H26N2O5S/c1-4-5-14-34-19-10-8-18(9-11-19)24-23(25(31)21-13-7-17(3)35-21)26(32)27(33)30(24)28-29-20-12-6-16(2)15-22(20)36-28/h6-13,15,24,32H,4-5,14H2,1-3H3. The molecule has 1 atom stereocenters. The van der Waals surface area contributed by atoms with E-state index in [1.54, 1.807) is 19.1 Å². The van der Waals surface area contributed by atoms with Crippen LogP contribution in [-0.2, 0) is 4.79 Å². The molecule has 0 fully saturated rings. The zero-order valence-corrected chi connectivity index (χ0v) is 21.1. The molecule has 2 aromatic carbocycles. The summed E-state index contributed by atoms with van der Waals surface area (Å²) in [6.07, 6.45) is 1.97. The van der Waals surface area contributed by atoms with Crippen molar-refractivity contribution in [3.8, 4) is 5.75 Å². The molecule has 1 amide bonds. The zero-order chi connectivity index (χ0) is 25.4.